The fourth-order valence-corrected chi connectivity index (χ4v) is 1.27. The van der Waals surface area contributed by atoms with Crippen LogP contribution in [0, 0.1) is 15.9 Å². The van der Waals surface area contributed by atoms with E-state index in [0.717, 1.165) is 6.07 Å². The summed E-state index contributed by atoms with van der Waals surface area (Å²) in [6.07, 6.45) is 0. The van der Waals surface area contributed by atoms with Gasteiger partial charge in [0.05, 0.1) is 14.2 Å². The molecule has 1 aromatic carbocycles. The largest absolute Gasteiger partial charge is 0.496 e. The van der Waals surface area contributed by atoms with E-state index in [1.807, 2.05) is 0 Å². The molecule has 15 heavy (non-hydrogen) atoms. The van der Waals surface area contributed by atoms with Gasteiger partial charge in [-0.15, -0.1) is 0 Å². The van der Waals surface area contributed by atoms with Crippen molar-refractivity contribution < 1.29 is 18.8 Å². The molecule has 1 rings (SSSR count). The number of halogens is 1. The van der Waals surface area contributed by atoms with E-state index in [0.29, 0.717) is 0 Å². The van der Waals surface area contributed by atoms with Crippen LogP contribution in [0.15, 0.2) is 12.1 Å². The average Bonchev–Trinajstić information content (AvgIpc) is 2.18. The van der Waals surface area contributed by atoms with E-state index in [2.05, 4.69) is 0 Å². The van der Waals surface area contributed by atoms with Crippen LogP contribution in [0.25, 0.3) is 0 Å². The van der Waals surface area contributed by atoms with Crippen LogP contribution in [0.4, 0.5) is 4.39 Å². The van der Waals surface area contributed by atoms with Crippen molar-refractivity contribution in [3.63, 3.8) is 0 Å². The van der Waals surface area contributed by atoms with Crippen molar-refractivity contribution in [2.24, 2.45) is 0 Å². The predicted octanol–water partition coefficient (Wildman–Crippen LogP) is 1.62. The zero-order valence-electron chi connectivity index (χ0n) is 8.32. The van der Waals surface area contributed by atoms with Crippen LogP contribution in [-0.4, -0.2) is 19.1 Å². The normalized spacial score (nSPS) is 9.80. The van der Waals surface area contributed by atoms with Gasteiger partial charge in [-0.25, -0.2) is 4.39 Å². The Morgan fingerprint density at radius 1 is 1.40 bits per heavy atom. The maximum Gasteiger partial charge on any atom is 0.236 e. The summed E-state index contributed by atoms with van der Waals surface area (Å²) in [6.45, 7) is -0.538. The lowest BCUT2D eigenvalue weighted by Gasteiger charge is -2.10. The second-order valence-electron chi connectivity index (χ2n) is 2.75. The number of ether oxygens (including phenoxy) is 2. The topological polar surface area (TPSA) is 61.6 Å². The summed E-state index contributed by atoms with van der Waals surface area (Å²) >= 11 is 0. The molecule has 1 aromatic rings. The van der Waals surface area contributed by atoms with Gasteiger partial charge in [0, 0.05) is 4.92 Å². The molecule has 0 aliphatic rings. The number of benzene rings is 1. The van der Waals surface area contributed by atoms with E-state index in [-0.39, 0.29) is 17.1 Å². The molecule has 0 atom stereocenters. The Morgan fingerprint density at radius 2 is 2.07 bits per heavy atom. The Kier molecular flexibility index (Phi) is 3.43. The highest BCUT2D eigenvalue weighted by Crippen LogP contribution is 2.31. The summed E-state index contributed by atoms with van der Waals surface area (Å²) < 4.78 is 22.9. The first kappa shape index (κ1) is 11.2. The second kappa shape index (κ2) is 4.59. The summed E-state index contributed by atoms with van der Waals surface area (Å²) in [7, 11) is 2.61. The second-order valence-corrected chi connectivity index (χ2v) is 2.75. The first-order valence-electron chi connectivity index (χ1n) is 4.11. The van der Waals surface area contributed by atoms with Gasteiger partial charge >= 0.3 is 0 Å². The van der Waals surface area contributed by atoms with E-state index in [4.69, 9.17) is 9.47 Å². The van der Waals surface area contributed by atoms with E-state index < -0.39 is 17.3 Å². The van der Waals surface area contributed by atoms with Crippen molar-refractivity contribution >= 4 is 0 Å². The van der Waals surface area contributed by atoms with Crippen LogP contribution in [0.5, 0.6) is 11.5 Å². The van der Waals surface area contributed by atoms with Crippen molar-refractivity contribution in [2.45, 2.75) is 6.54 Å². The zero-order valence-corrected chi connectivity index (χ0v) is 8.32. The molecular weight excluding hydrogens is 205 g/mol. The number of rotatable bonds is 4. The Hall–Kier alpha value is -1.85. The van der Waals surface area contributed by atoms with Crippen LogP contribution >= 0.6 is 0 Å². The zero-order chi connectivity index (χ0) is 11.4. The number of nitro groups is 1. The van der Waals surface area contributed by atoms with Crippen LogP contribution in [0.1, 0.15) is 5.56 Å². The highest BCUT2D eigenvalue weighted by Gasteiger charge is 2.19. The van der Waals surface area contributed by atoms with Gasteiger partial charge in [-0.3, -0.25) is 10.1 Å². The van der Waals surface area contributed by atoms with Crippen LogP contribution in [0.2, 0.25) is 0 Å². The minimum absolute atomic E-state index is 0.102. The molecule has 0 spiro atoms. The van der Waals surface area contributed by atoms with Gasteiger partial charge in [-0.05, 0) is 12.1 Å². The molecule has 5 nitrogen and oxygen atoms in total. The molecular formula is C9H10FNO4. The Labute approximate surface area is 85.6 Å². The predicted molar refractivity (Wildman–Crippen MR) is 50.2 cm³/mol. The third-order valence-corrected chi connectivity index (χ3v) is 1.88. The first-order chi connectivity index (χ1) is 7.10. The summed E-state index contributed by atoms with van der Waals surface area (Å²) in [6, 6.07) is 2.47. The molecule has 0 unspecified atom stereocenters. The van der Waals surface area contributed by atoms with Crippen molar-refractivity contribution in [1.29, 1.82) is 0 Å². The molecule has 0 radical (unpaired) electrons. The average molecular weight is 215 g/mol. The summed E-state index contributed by atoms with van der Waals surface area (Å²) in [5.74, 6) is -0.550. The molecule has 0 bridgehead atoms. The van der Waals surface area contributed by atoms with Gasteiger partial charge in [0.15, 0.2) is 11.6 Å². The molecule has 0 saturated heterocycles. The van der Waals surface area contributed by atoms with Crippen molar-refractivity contribution in [3.05, 3.63) is 33.6 Å². The fraction of sp³-hybridized carbons (Fsp3) is 0.333. The molecule has 0 saturated carbocycles. The molecule has 82 valence electrons. The van der Waals surface area contributed by atoms with Crippen LogP contribution in [0.3, 0.4) is 0 Å². The lowest BCUT2D eigenvalue weighted by Crippen LogP contribution is -2.05. The number of hydrogen-bond donors (Lipinski definition) is 0. The van der Waals surface area contributed by atoms with Crippen LogP contribution in [-0.2, 0) is 6.54 Å². The van der Waals surface area contributed by atoms with Gasteiger partial charge in [0.2, 0.25) is 6.54 Å². The first-order valence-corrected chi connectivity index (χ1v) is 4.11. The van der Waals surface area contributed by atoms with Crippen molar-refractivity contribution in [3.8, 4) is 11.5 Å². The standard InChI is InChI=1S/C9H10FNO4/c1-14-8-4-3-7(10)9(15-2)6(8)5-11(12)13/h3-4H,5H2,1-2H3. The van der Waals surface area contributed by atoms with Gasteiger partial charge in [-0.1, -0.05) is 0 Å². The number of hydrogen-bond acceptors (Lipinski definition) is 4. The van der Waals surface area contributed by atoms with Crippen molar-refractivity contribution in [1.82, 2.24) is 0 Å². The molecule has 0 fully saturated rings. The number of nitrogens with zero attached hydrogens (tertiary/aromatic N) is 1. The molecule has 0 heterocycles. The minimum Gasteiger partial charge on any atom is -0.496 e. The maximum absolute atomic E-state index is 13.2. The van der Waals surface area contributed by atoms with Gasteiger partial charge in [0.1, 0.15) is 11.3 Å². The molecule has 0 N–H and O–H groups in total. The fourth-order valence-electron chi connectivity index (χ4n) is 1.27. The highest BCUT2D eigenvalue weighted by atomic mass is 19.1. The molecule has 0 aliphatic carbocycles. The van der Waals surface area contributed by atoms with Gasteiger partial charge < -0.3 is 9.47 Å². The van der Waals surface area contributed by atoms with E-state index in [1.54, 1.807) is 0 Å². The Bertz CT molecular complexity index is 381. The van der Waals surface area contributed by atoms with E-state index >= 15 is 0 Å². The third kappa shape index (κ3) is 2.34. The van der Waals surface area contributed by atoms with E-state index in [9.17, 15) is 14.5 Å². The van der Waals surface area contributed by atoms with E-state index in [1.165, 1.54) is 20.3 Å². The van der Waals surface area contributed by atoms with Crippen molar-refractivity contribution in [2.75, 3.05) is 14.2 Å². The third-order valence-electron chi connectivity index (χ3n) is 1.88. The minimum atomic E-state index is -0.643. The quantitative estimate of drug-likeness (QED) is 0.565. The van der Waals surface area contributed by atoms with Crippen LogP contribution < -0.4 is 9.47 Å². The summed E-state index contributed by atoms with van der Waals surface area (Å²) in [5, 5.41) is 10.4. The molecule has 0 amide bonds. The molecule has 0 aliphatic heterocycles. The number of methoxy groups -OCH3 is 2. The van der Waals surface area contributed by atoms with Gasteiger partial charge in [0.25, 0.3) is 0 Å². The Morgan fingerprint density at radius 3 is 2.53 bits per heavy atom. The summed E-state index contributed by atoms with van der Waals surface area (Å²) in [5.41, 5.74) is 0.102. The summed E-state index contributed by atoms with van der Waals surface area (Å²) in [4.78, 5) is 9.82. The molecule has 0 aromatic heterocycles. The smallest absolute Gasteiger partial charge is 0.236 e. The molecule has 6 heteroatoms. The Balaban J connectivity index is 3.26. The highest BCUT2D eigenvalue weighted by molar-refractivity contribution is 5.45. The maximum atomic E-state index is 13.2. The SMILES string of the molecule is COc1ccc(F)c(OC)c1C[N+](=O)[O-]. The lowest BCUT2D eigenvalue weighted by atomic mass is 10.1. The van der Waals surface area contributed by atoms with Gasteiger partial charge in [-0.2, -0.15) is 0 Å². The lowest BCUT2D eigenvalue weighted by molar-refractivity contribution is -0.497. The monoisotopic (exact) mass is 215 g/mol.